The summed E-state index contributed by atoms with van der Waals surface area (Å²) in [5.74, 6) is -2.37. The Kier molecular flexibility index (Phi) is 10.1. The molecule has 2 fully saturated rings. The zero-order valence-electron chi connectivity index (χ0n) is 22.7. The van der Waals surface area contributed by atoms with Crippen LogP contribution in [0.5, 0.6) is 11.5 Å². The van der Waals surface area contributed by atoms with Gasteiger partial charge in [-0.3, -0.25) is 4.79 Å². The smallest absolute Gasteiger partial charge is 0.314 e. The minimum absolute atomic E-state index is 0.00456. The topological polar surface area (TPSA) is 35.5 Å². The van der Waals surface area contributed by atoms with Gasteiger partial charge in [-0.1, -0.05) is 44.7 Å². The van der Waals surface area contributed by atoms with Crippen molar-refractivity contribution in [3.63, 3.8) is 0 Å². The second kappa shape index (κ2) is 13.5. The van der Waals surface area contributed by atoms with Gasteiger partial charge in [0.15, 0.2) is 11.6 Å². The Bertz CT molecular complexity index is 1070. The summed E-state index contributed by atoms with van der Waals surface area (Å²) in [5.41, 5.74) is 1.02. The van der Waals surface area contributed by atoms with Crippen LogP contribution in [-0.4, -0.2) is 12.6 Å². The van der Waals surface area contributed by atoms with Crippen molar-refractivity contribution in [2.75, 3.05) is 6.61 Å². The summed E-state index contributed by atoms with van der Waals surface area (Å²) in [6, 6.07) is 7.92. The zero-order valence-corrected chi connectivity index (χ0v) is 22.7. The van der Waals surface area contributed by atoms with Crippen molar-refractivity contribution in [3.8, 4) is 11.5 Å². The number of ether oxygens (including phenoxy) is 2. The summed E-state index contributed by atoms with van der Waals surface area (Å²) in [6.07, 6.45) is 11.0. The van der Waals surface area contributed by atoms with Crippen molar-refractivity contribution in [1.29, 1.82) is 0 Å². The Hall–Kier alpha value is -2.50. The van der Waals surface area contributed by atoms with Gasteiger partial charge >= 0.3 is 5.97 Å². The number of halogens is 3. The third-order valence-electron chi connectivity index (χ3n) is 8.57. The van der Waals surface area contributed by atoms with E-state index in [1.54, 1.807) is 18.2 Å². The highest BCUT2D eigenvalue weighted by Gasteiger charge is 2.31. The summed E-state index contributed by atoms with van der Waals surface area (Å²) < 4.78 is 55.2. The van der Waals surface area contributed by atoms with Gasteiger partial charge in [0.1, 0.15) is 11.6 Å². The Balaban J connectivity index is 1.30. The molecule has 4 rings (SSSR count). The van der Waals surface area contributed by atoms with Crippen molar-refractivity contribution in [1.82, 2.24) is 0 Å². The van der Waals surface area contributed by atoms with E-state index in [2.05, 4.69) is 6.92 Å². The average molecular weight is 531 g/mol. The zero-order chi connectivity index (χ0) is 27.1. The highest BCUT2D eigenvalue weighted by atomic mass is 19.2. The third kappa shape index (κ3) is 6.92. The maximum atomic E-state index is 15.0. The van der Waals surface area contributed by atoms with Gasteiger partial charge in [-0.25, -0.2) is 8.78 Å². The number of carbonyl (C=O) groups excluding carboxylic acids is 1. The van der Waals surface area contributed by atoms with E-state index in [4.69, 9.17) is 9.47 Å². The molecule has 0 aliphatic heterocycles. The summed E-state index contributed by atoms with van der Waals surface area (Å²) in [4.78, 5) is 12.8. The van der Waals surface area contributed by atoms with Crippen LogP contribution < -0.4 is 9.47 Å². The molecule has 2 aliphatic rings. The molecule has 0 aromatic heterocycles. The Morgan fingerprint density at radius 1 is 0.816 bits per heavy atom. The minimum Gasteiger partial charge on any atom is -0.494 e. The molecule has 0 amide bonds. The summed E-state index contributed by atoms with van der Waals surface area (Å²) >= 11 is 0. The molecule has 208 valence electrons. The van der Waals surface area contributed by atoms with Gasteiger partial charge in [0.2, 0.25) is 5.82 Å². The van der Waals surface area contributed by atoms with Crippen LogP contribution in [0.2, 0.25) is 0 Å². The van der Waals surface area contributed by atoms with Crippen LogP contribution in [0.3, 0.4) is 0 Å². The number of benzene rings is 2. The lowest BCUT2D eigenvalue weighted by Crippen LogP contribution is -2.26. The normalized spacial score (nSPS) is 23.7. The monoisotopic (exact) mass is 530 g/mol. The number of carbonyl (C=O) groups is 1. The third-order valence-corrected chi connectivity index (χ3v) is 8.57. The number of hydrogen-bond acceptors (Lipinski definition) is 3. The van der Waals surface area contributed by atoms with Crippen LogP contribution in [0.1, 0.15) is 114 Å². The predicted octanol–water partition coefficient (Wildman–Crippen LogP) is 9.24. The fourth-order valence-corrected chi connectivity index (χ4v) is 6.31. The molecule has 0 heterocycles. The maximum Gasteiger partial charge on any atom is 0.314 e. The molecule has 0 N–H and O–H groups in total. The van der Waals surface area contributed by atoms with Crippen LogP contribution in [0, 0.1) is 29.3 Å². The summed E-state index contributed by atoms with van der Waals surface area (Å²) in [7, 11) is 0. The van der Waals surface area contributed by atoms with Gasteiger partial charge in [-0.2, -0.15) is 4.39 Å². The summed E-state index contributed by atoms with van der Waals surface area (Å²) in [5, 5.41) is 0. The molecular formula is C32H41F3O3. The van der Waals surface area contributed by atoms with Crippen molar-refractivity contribution >= 4 is 5.97 Å². The van der Waals surface area contributed by atoms with E-state index in [9.17, 15) is 13.6 Å². The summed E-state index contributed by atoms with van der Waals surface area (Å²) in [6.45, 7) is 4.52. The van der Waals surface area contributed by atoms with Gasteiger partial charge in [0, 0.05) is 6.07 Å². The molecule has 0 unspecified atom stereocenters. The molecule has 2 aromatic rings. The number of rotatable bonds is 10. The van der Waals surface area contributed by atoms with Crippen LogP contribution in [-0.2, 0) is 4.79 Å². The lowest BCUT2D eigenvalue weighted by molar-refractivity contribution is -0.140. The average Bonchev–Trinajstić information content (AvgIpc) is 2.92. The Morgan fingerprint density at radius 2 is 1.47 bits per heavy atom. The number of hydrogen-bond donors (Lipinski definition) is 0. The largest absolute Gasteiger partial charge is 0.494 e. The molecule has 2 saturated carbocycles. The molecule has 0 atom stereocenters. The minimum atomic E-state index is -1.08. The first-order valence-electron chi connectivity index (χ1n) is 14.5. The first kappa shape index (κ1) is 28.5. The van der Waals surface area contributed by atoms with E-state index in [0.29, 0.717) is 55.1 Å². The Morgan fingerprint density at radius 3 is 2.13 bits per heavy atom. The quantitative estimate of drug-likeness (QED) is 0.174. The number of unbranched alkanes of at least 4 members (excludes halogenated alkanes) is 2. The second-order valence-corrected chi connectivity index (χ2v) is 11.1. The molecule has 38 heavy (non-hydrogen) atoms. The molecule has 0 spiro atoms. The first-order chi connectivity index (χ1) is 18.4. The van der Waals surface area contributed by atoms with E-state index in [-0.39, 0.29) is 23.4 Å². The highest BCUT2D eigenvalue weighted by Crippen LogP contribution is 2.41. The highest BCUT2D eigenvalue weighted by molar-refractivity contribution is 5.75. The molecule has 0 radical (unpaired) electrons. The SMILES string of the molecule is CCCCCC1CCC(c2ccc(OC(=O)C3CCC(c4ccc(OCC)cc4F)CC3)c(F)c2F)CC1. The number of esters is 1. The van der Waals surface area contributed by atoms with Gasteiger partial charge in [0.05, 0.1) is 12.5 Å². The first-order valence-corrected chi connectivity index (χ1v) is 14.5. The molecule has 0 saturated heterocycles. The van der Waals surface area contributed by atoms with Crippen molar-refractivity contribution in [2.24, 2.45) is 11.8 Å². The van der Waals surface area contributed by atoms with E-state index in [0.717, 1.165) is 25.7 Å². The lowest BCUT2D eigenvalue weighted by Gasteiger charge is -2.29. The van der Waals surface area contributed by atoms with Gasteiger partial charge in [0.25, 0.3) is 0 Å². The molecule has 2 aromatic carbocycles. The maximum absolute atomic E-state index is 15.0. The van der Waals surface area contributed by atoms with Crippen LogP contribution >= 0.6 is 0 Å². The van der Waals surface area contributed by atoms with Gasteiger partial charge < -0.3 is 9.47 Å². The van der Waals surface area contributed by atoms with Crippen molar-refractivity contribution in [3.05, 3.63) is 58.9 Å². The Labute approximate surface area is 225 Å². The molecule has 6 heteroatoms. The molecular weight excluding hydrogens is 489 g/mol. The fraction of sp³-hybridized carbons (Fsp3) is 0.594. The van der Waals surface area contributed by atoms with Crippen molar-refractivity contribution < 1.29 is 27.4 Å². The standard InChI is InChI=1S/C32H41F3O3/c1-3-5-6-7-21-8-10-23(11-9-21)27-18-19-29(31(35)30(27)34)38-32(36)24-14-12-22(13-15-24)26-17-16-25(37-4-2)20-28(26)33/h16-24H,3-15H2,1-2H3. The fourth-order valence-electron chi connectivity index (χ4n) is 6.31. The molecule has 0 bridgehead atoms. The van der Waals surface area contributed by atoms with Gasteiger partial charge in [-0.15, -0.1) is 0 Å². The second-order valence-electron chi connectivity index (χ2n) is 11.1. The van der Waals surface area contributed by atoms with E-state index >= 15 is 4.39 Å². The van der Waals surface area contributed by atoms with Crippen LogP contribution in [0.15, 0.2) is 30.3 Å². The van der Waals surface area contributed by atoms with E-state index in [1.807, 2.05) is 6.92 Å². The van der Waals surface area contributed by atoms with Crippen LogP contribution in [0.25, 0.3) is 0 Å². The van der Waals surface area contributed by atoms with E-state index < -0.39 is 23.5 Å². The van der Waals surface area contributed by atoms with Crippen LogP contribution in [0.4, 0.5) is 13.2 Å². The van der Waals surface area contributed by atoms with E-state index in [1.165, 1.54) is 37.8 Å². The molecule has 3 nitrogen and oxygen atoms in total. The predicted molar refractivity (Wildman–Crippen MR) is 143 cm³/mol. The van der Waals surface area contributed by atoms with Gasteiger partial charge in [-0.05, 0) is 99.3 Å². The van der Waals surface area contributed by atoms with Crippen molar-refractivity contribution in [2.45, 2.75) is 103 Å². The lowest BCUT2D eigenvalue weighted by atomic mass is 9.77. The molecule has 2 aliphatic carbocycles.